The number of halogens is 1. The standard InChI is InChI=1S/C6H11FO5/c7-1-2-3(8)4(9)5(10)6(11)12-2/h2-6,8-11H,1H2/t2-,3-,4+,5+,6?/m1/s1/i7-1. The minimum Gasteiger partial charge on any atom is -0.387 e. The minimum atomic E-state index is -1.65. The lowest BCUT2D eigenvalue weighted by Crippen LogP contribution is -2.58. The fourth-order valence-electron chi connectivity index (χ4n) is 1.06. The summed E-state index contributed by atoms with van der Waals surface area (Å²) in [5, 5.41) is 35.8. The van der Waals surface area contributed by atoms with E-state index in [4.69, 9.17) is 20.4 Å². The van der Waals surface area contributed by atoms with Gasteiger partial charge in [0.05, 0.1) is 0 Å². The first-order chi connectivity index (χ1) is 5.57. The molecule has 0 aliphatic carbocycles. The zero-order valence-corrected chi connectivity index (χ0v) is 6.17. The SMILES string of the molecule is OC1O[C@H](C[18F])[C@@H](O)[C@H](O)[C@@H]1O. The Hall–Kier alpha value is -0.270. The summed E-state index contributed by atoms with van der Waals surface area (Å²) in [5.41, 5.74) is 0. The molecule has 0 spiro atoms. The highest BCUT2D eigenvalue weighted by Crippen LogP contribution is 2.19. The molecule has 5 nitrogen and oxygen atoms in total. The maximum atomic E-state index is 12.0. The van der Waals surface area contributed by atoms with Crippen LogP contribution in [0.3, 0.4) is 0 Å². The zero-order valence-electron chi connectivity index (χ0n) is 6.17. The van der Waals surface area contributed by atoms with E-state index in [2.05, 4.69) is 4.74 Å². The van der Waals surface area contributed by atoms with Gasteiger partial charge >= 0.3 is 0 Å². The molecule has 1 heterocycles. The number of hydrogen-bond acceptors (Lipinski definition) is 5. The molecule has 5 atom stereocenters. The van der Waals surface area contributed by atoms with Gasteiger partial charge in [-0.1, -0.05) is 0 Å². The van der Waals surface area contributed by atoms with Crippen LogP contribution < -0.4 is 0 Å². The molecule has 1 fully saturated rings. The second-order valence-electron chi connectivity index (χ2n) is 2.69. The number of ether oxygens (including phenoxy) is 1. The molecule has 0 bridgehead atoms. The summed E-state index contributed by atoms with van der Waals surface area (Å²) in [6.45, 7) is -1.03. The lowest BCUT2D eigenvalue weighted by molar-refractivity contribution is -0.283. The van der Waals surface area contributed by atoms with Gasteiger partial charge < -0.3 is 25.2 Å². The van der Waals surface area contributed by atoms with E-state index in [1.807, 2.05) is 0 Å². The molecule has 0 aromatic rings. The van der Waals surface area contributed by atoms with Crippen molar-refractivity contribution in [1.82, 2.24) is 0 Å². The minimum absolute atomic E-state index is 1.03. The van der Waals surface area contributed by atoms with E-state index in [9.17, 15) is 4.39 Å². The van der Waals surface area contributed by atoms with Crippen molar-refractivity contribution < 1.29 is 29.6 Å². The van der Waals surface area contributed by atoms with Crippen molar-refractivity contribution in [3.05, 3.63) is 0 Å². The quantitative estimate of drug-likeness (QED) is 0.367. The van der Waals surface area contributed by atoms with Crippen LogP contribution in [0.4, 0.5) is 4.39 Å². The van der Waals surface area contributed by atoms with Crippen molar-refractivity contribution in [1.29, 1.82) is 0 Å². The average molecular weight is 181 g/mol. The smallest absolute Gasteiger partial charge is 0.184 e. The van der Waals surface area contributed by atoms with Crippen LogP contribution in [0.5, 0.6) is 0 Å². The van der Waals surface area contributed by atoms with Crippen LogP contribution in [0.25, 0.3) is 0 Å². The van der Waals surface area contributed by atoms with Crippen LogP contribution >= 0.6 is 0 Å². The van der Waals surface area contributed by atoms with E-state index < -0.39 is 37.4 Å². The largest absolute Gasteiger partial charge is 0.387 e. The van der Waals surface area contributed by atoms with Gasteiger partial charge in [-0.05, 0) is 0 Å². The first kappa shape index (κ1) is 9.82. The van der Waals surface area contributed by atoms with Crippen LogP contribution in [-0.2, 0) is 4.74 Å². The van der Waals surface area contributed by atoms with Crippen LogP contribution in [0.2, 0.25) is 0 Å². The number of rotatable bonds is 1. The van der Waals surface area contributed by atoms with Crippen LogP contribution in [0.1, 0.15) is 0 Å². The summed E-state index contributed by atoms with van der Waals surface area (Å²) in [7, 11) is 0. The summed E-state index contributed by atoms with van der Waals surface area (Å²) < 4.78 is 16.5. The highest BCUT2D eigenvalue weighted by molar-refractivity contribution is 4.88. The first-order valence-corrected chi connectivity index (χ1v) is 3.51. The van der Waals surface area contributed by atoms with E-state index in [1.165, 1.54) is 0 Å². The Balaban J connectivity index is 2.63. The van der Waals surface area contributed by atoms with Gasteiger partial charge in [0.15, 0.2) is 6.29 Å². The molecule has 0 saturated carbocycles. The van der Waals surface area contributed by atoms with Crippen molar-refractivity contribution in [2.75, 3.05) is 6.67 Å². The number of aliphatic hydroxyl groups is 4. The molecular weight excluding hydrogens is 170 g/mol. The summed E-state index contributed by atoms with van der Waals surface area (Å²) >= 11 is 0. The normalized spacial score (nSPS) is 49.2. The Morgan fingerprint density at radius 2 is 1.58 bits per heavy atom. The van der Waals surface area contributed by atoms with E-state index >= 15 is 0 Å². The number of aliphatic hydroxyl groups excluding tert-OH is 4. The van der Waals surface area contributed by atoms with Gasteiger partial charge in [-0.2, -0.15) is 0 Å². The first-order valence-electron chi connectivity index (χ1n) is 3.51. The molecule has 4 N–H and O–H groups in total. The van der Waals surface area contributed by atoms with Crippen molar-refractivity contribution in [2.24, 2.45) is 0 Å². The molecule has 0 aromatic heterocycles. The molecule has 0 amide bonds. The van der Waals surface area contributed by atoms with Crippen molar-refractivity contribution in [3.63, 3.8) is 0 Å². The molecule has 6 heteroatoms. The van der Waals surface area contributed by atoms with Gasteiger partial charge in [-0.15, -0.1) is 0 Å². The summed E-state index contributed by atoms with van der Waals surface area (Å²) in [6, 6.07) is 0. The van der Waals surface area contributed by atoms with E-state index in [0.717, 1.165) is 0 Å². The van der Waals surface area contributed by atoms with E-state index in [-0.39, 0.29) is 0 Å². The lowest BCUT2D eigenvalue weighted by Gasteiger charge is -2.37. The molecule has 1 unspecified atom stereocenters. The topological polar surface area (TPSA) is 90.2 Å². The molecule has 1 aliphatic heterocycles. The summed E-state index contributed by atoms with van der Waals surface area (Å²) in [4.78, 5) is 0. The number of alkyl halides is 1. The monoisotopic (exact) mass is 181 g/mol. The van der Waals surface area contributed by atoms with E-state index in [0.29, 0.717) is 0 Å². The maximum Gasteiger partial charge on any atom is 0.184 e. The lowest BCUT2D eigenvalue weighted by atomic mass is 10.00. The third kappa shape index (κ3) is 1.57. The van der Waals surface area contributed by atoms with Gasteiger partial charge in [0.2, 0.25) is 0 Å². The summed E-state index contributed by atoms with van der Waals surface area (Å²) in [5.74, 6) is 0. The highest BCUT2D eigenvalue weighted by Gasteiger charge is 2.42. The summed E-state index contributed by atoms with van der Waals surface area (Å²) in [6.07, 6.45) is -7.60. The molecule has 72 valence electrons. The van der Waals surface area contributed by atoms with Crippen molar-refractivity contribution in [2.45, 2.75) is 30.7 Å². The van der Waals surface area contributed by atoms with Crippen LogP contribution in [-0.4, -0.2) is 57.8 Å². The Labute approximate surface area is 68.0 Å². The van der Waals surface area contributed by atoms with Crippen molar-refractivity contribution in [3.8, 4) is 0 Å². The van der Waals surface area contributed by atoms with E-state index in [1.54, 1.807) is 0 Å². The molecular formula is C6H11FO5. The van der Waals surface area contributed by atoms with Crippen LogP contribution in [0.15, 0.2) is 0 Å². The fourth-order valence-corrected chi connectivity index (χ4v) is 1.06. The predicted molar refractivity (Wildman–Crippen MR) is 34.9 cm³/mol. The Morgan fingerprint density at radius 1 is 1.00 bits per heavy atom. The molecule has 0 radical (unpaired) electrons. The van der Waals surface area contributed by atoms with Gasteiger partial charge in [0.1, 0.15) is 31.1 Å². The predicted octanol–water partition coefficient (Wildman–Crippen LogP) is -2.24. The molecule has 1 aliphatic rings. The Bertz CT molecular complexity index is 150. The Morgan fingerprint density at radius 3 is 2.08 bits per heavy atom. The average Bonchev–Trinajstić information content (AvgIpc) is 2.08. The molecule has 12 heavy (non-hydrogen) atoms. The number of hydrogen-bond donors (Lipinski definition) is 4. The molecule has 1 rings (SSSR count). The van der Waals surface area contributed by atoms with Gasteiger partial charge in [-0.25, -0.2) is 4.39 Å². The zero-order chi connectivity index (χ0) is 9.30. The maximum absolute atomic E-state index is 12.0. The van der Waals surface area contributed by atoms with Crippen LogP contribution in [0, 0.1) is 0 Å². The third-order valence-electron chi connectivity index (χ3n) is 1.84. The highest BCUT2D eigenvalue weighted by atomic mass is 18.2. The van der Waals surface area contributed by atoms with Gasteiger partial charge in [0, 0.05) is 0 Å². The third-order valence-corrected chi connectivity index (χ3v) is 1.84. The second kappa shape index (κ2) is 3.63. The second-order valence-corrected chi connectivity index (χ2v) is 2.69. The molecule has 1 saturated heterocycles. The van der Waals surface area contributed by atoms with Crippen molar-refractivity contribution >= 4 is 0 Å². The molecule has 0 aromatic carbocycles. The Kier molecular flexibility index (Phi) is 2.97. The van der Waals surface area contributed by atoms with Gasteiger partial charge in [0.25, 0.3) is 0 Å². The fraction of sp³-hybridized carbons (Fsp3) is 1.00. The van der Waals surface area contributed by atoms with Gasteiger partial charge in [-0.3, -0.25) is 0 Å².